The predicted octanol–water partition coefficient (Wildman–Crippen LogP) is 20.2. The third kappa shape index (κ3) is 10.5. The van der Waals surface area contributed by atoms with E-state index in [1.165, 1.54) is 64.2 Å². The summed E-state index contributed by atoms with van der Waals surface area (Å²) in [5.74, 6) is 0. The summed E-state index contributed by atoms with van der Waals surface area (Å²) in [6.07, 6.45) is 6.14. The van der Waals surface area contributed by atoms with E-state index < -0.39 is 8.07 Å². The maximum absolute atomic E-state index is 5.18. The quantitative estimate of drug-likeness (QED) is 0.0472. The van der Waals surface area contributed by atoms with Crippen molar-refractivity contribution < 1.29 is 0 Å². The van der Waals surface area contributed by atoms with Crippen molar-refractivity contribution in [1.82, 2.24) is 14.1 Å². The molecule has 0 amide bonds. The van der Waals surface area contributed by atoms with E-state index in [1.807, 2.05) is 6.20 Å². The Hall–Kier alpha value is -13.1. The fourth-order valence-electron chi connectivity index (χ4n) is 17.6. The molecular formula is C99H75BN6Si. The van der Waals surface area contributed by atoms with Gasteiger partial charge in [0.05, 0.1) is 33.5 Å². The Morgan fingerprint density at radius 2 is 0.822 bits per heavy atom. The number of anilines is 5. The summed E-state index contributed by atoms with van der Waals surface area (Å²) in [4.78, 5) is 15.2. The van der Waals surface area contributed by atoms with Gasteiger partial charge in [0.15, 0.2) is 8.07 Å². The third-order valence-corrected chi connectivity index (χ3v) is 27.2. The summed E-state index contributed by atoms with van der Waals surface area (Å²) in [6.45, 7) is 13.3. The molecule has 107 heavy (non-hydrogen) atoms. The van der Waals surface area contributed by atoms with Gasteiger partial charge in [-0.3, -0.25) is 9.98 Å². The molecular weight excluding hydrogens is 1310 g/mol. The lowest BCUT2D eigenvalue weighted by Crippen LogP contribution is -2.74. The lowest BCUT2D eigenvalue weighted by atomic mass is 9.33. The maximum Gasteiger partial charge on any atom is 0.252 e. The van der Waals surface area contributed by atoms with Gasteiger partial charge < -0.3 is 18.9 Å². The van der Waals surface area contributed by atoms with E-state index in [0.717, 1.165) is 112 Å². The van der Waals surface area contributed by atoms with Crippen LogP contribution in [0.15, 0.2) is 381 Å². The molecule has 2 aliphatic heterocycles. The van der Waals surface area contributed by atoms with Gasteiger partial charge in [-0.05, 0) is 150 Å². The molecule has 0 atom stereocenters. The molecule has 508 valence electrons. The minimum atomic E-state index is -2.95. The molecule has 0 spiro atoms. The molecule has 5 heterocycles. The zero-order chi connectivity index (χ0) is 71.9. The molecule has 0 N–H and O–H groups in total. The van der Waals surface area contributed by atoms with Gasteiger partial charge in [-0.25, -0.2) is 0 Å². The lowest BCUT2D eigenvalue weighted by molar-refractivity contribution is 0.590. The van der Waals surface area contributed by atoms with Crippen molar-refractivity contribution in [3.8, 4) is 33.6 Å². The van der Waals surface area contributed by atoms with E-state index in [-0.39, 0.29) is 12.1 Å². The average Bonchev–Trinajstić information content (AvgIpc) is 0.737. The van der Waals surface area contributed by atoms with E-state index in [0.29, 0.717) is 0 Å². The Morgan fingerprint density at radius 3 is 1.32 bits per heavy atom. The standard InChI is InChI=1S/C99H75BN6Si/c1-67(68-33-13-6-14-34-68)97(83(64-101-5)69-35-15-7-16-36-69)105-92-61-74(104-90-52-32-29-49-81(90)82-63-78(55-58-91(82)104)107(75-41-21-10-22-42-75,76-43-23-11-24-44-76)77-45-25-12-26-46-77)54-56-86(92)100-87-57-53-73(103-88-50-30-27-47-79(88)80-48-28-31-51-89(80)103)62-93(87)106(95-60-72(99(2,3)4)59-94(105)96(95)100)98-84(70-37-17-8-18-38-70)65-102-66-85(98)71-39-19-9-20-40-71/h6-66H,5H2,1-4H3/b83-64-,97-67-. The van der Waals surface area contributed by atoms with Crippen molar-refractivity contribution in [2.45, 2.75) is 33.1 Å². The zero-order valence-corrected chi connectivity index (χ0v) is 61.2. The highest BCUT2D eigenvalue weighted by Crippen LogP contribution is 2.53. The van der Waals surface area contributed by atoms with Gasteiger partial charge in [0.25, 0.3) is 6.71 Å². The van der Waals surface area contributed by atoms with Crippen molar-refractivity contribution in [2.75, 3.05) is 9.80 Å². The number of nitrogens with zero attached hydrogens (tertiary/aromatic N) is 6. The minimum Gasteiger partial charge on any atom is -0.310 e. The molecule has 0 saturated heterocycles. The largest absolute Gasteiger partial charge is 0.310 e. The van der Waals surface area contributed by atoms with Crippen molar-refractivity contribution in [3.63, 3.8) is 0 Å². The first-order valence-corrected chi connectivity index (χ1v) is 39.0. The normalized spacial score (nSPS) is 13.0. The van der Waals surface area contributed by atoms with Crippen LogP contribution in [0, 0.1) is 0 Å². The Morgan fingerprint density at radius 1 is 0.402 bits per heavy atom. The summed E-state index contributed by atoms with van der Waals surface area (Å²) < 4.78 is 4.99. The Balaban J connectivity index is 0.946. The first-order valence-electron chi connectivity index (χ1n) is 37.0. The molecule has 3 aromatic heterocycles. The highest BCUT2D eigenvalue weighted by Gasteiger charge is 2.47. The average molecular weight is 1390 g/mol. The summed E-state index contributed by atoms with van der Waals surface area (Å²) in [6, 6.07) is 131. The van der Waals surface area contributed by atoms with Gasteiger partial charge in [-0.15, -0.1) is 0 Å². The number of rotatable bonds is 14. The highest BCUT2D eigenvalue weighted by molar-refractivity contribution is 7.20. The second kappa shape index (κ2) is 26.2. The molecule has 17 aromatic rings. The summed E-state index contributed by atoms with van der Waals surface area (Å²) in [5, 5.41) is 10.1. The number of benzene rings is 14. The van der Waals surface area contributed by atoms with Gasteiger partial charge in [-0.2, -0.15) is 0 Å². The molecule has 14 aromatic carbocycles. The zero-order valence-electron chi connectivity index (χ0n) is 60.2. The number of hydrogen-bond acceptors (Lipinski definition) is 4. The van der Waals surface area contributed by atoms with E-state index in [4.69, 9.17) is 9.98 Å². The van der Waals surface area contributed by atoms with Crippen LogP contribution in [0.1, 0.15) is 44.4 Å². The SMILES string of the molecule is C=N/C=C(\C(=C(/C)c1ccccc1)N1c2cc(-n3c4ccccc4c4cc([Si](c5ccccc5)(c5ccccc5)c5ccccc5)ccc43)ccc2B2c3ccc(-n4c5ccccc5c5ccccc54)cc3N(c3c(-c4ccccc4)cncc3-c3ccccc3)c3cc(C(C)(C)C)cc1c32)c1ccccc1. The Bertz CT molecular complexity index is 6170. The monoisotopic (exact) mass is 1390 g/mol. The number of fused-ring (bicyclic) bond motifs is 10. The van der Waals surface area contributed by atoms with E-state index in [1.54, 1.807) is 0 Å². The van der Waals surface area contributed by atoms with Crippen molar-refractivity contribution in [3.05, 3.63) is 393 Å². The first kappa shape index (κ1) is 64.7. The first-order chi connectivity index (χ1) is 52.6. The van der Waals surface area contributed by atoms with Crippen LogP contribution in [-0.4, -0.2) is 35.6 Å². The van der Waals surface area contributed by atoms with Crippen LogP contribution in [0.25, 0.3) is 88.4 Å². The fraction of sp³-hybridized carbons (Fsp3) is 0.0505. The van der Waals surface area contributed by atoms with Gasteiger partial charge in [0.2, 0.25) is 0 Å². The molecule has 0 fully saturated rings. The van der Waals surface area contributed by atoms with Crippen molar-refractivity contribution in [2.24, 2.45) is 4.99 Å². The number of hydrogen-bond donors (Lipinski definition) is 0. The predicted molar refractivity (Wildman–Crippen MR) is 457 cm³/mol. The lowest BCUT2D eigenvalue weighted by Gasteiger charge is -2.47. The third-order valence-electron chi connectivity index (χ3n) is 22.4. The van der Waals surface area contributed by atoms with Crippen LogP contribution in [0.4, 0.5) is 28.4 Å². The number of allylic oxidation sites excluding steroid dienone is 2. The summed E-state index contributed by atoms with van der Waals surface area (Å²) in [5.41, 5.74) is 25.7. The number of aliphatic imine (C=N–C) groups is 1. The van der Waals surface area contributed by atoms with Crippen molar-refractivity contribution >= 4 is 142 Å². The number of pyridine rings is 1. The van der Waals surface area contributed by atoms with Crippen LogP contribution in [0.2, 0.25) is 0 Å². The smallest absolute Gasteiger partial charge is 0.252 e. The second-order valence-electron chi connectivity index (χ2n) is 29.3. The van der Waals surface area contributed by atoms with Gasteiger partial charge in [0, 0.05) is 91.0 Å². The molecule has 0 saturated carbocycles. The number of para-hydroxylation sites is 3. The second-order valence-corrected chi connectivity index (χ2v) is 33.1. The Labute approximate surface area is 626 Å². The topological polar surface area (TPSA) is 41.6 Å². The van der Waals surface area contributed by atoms with Crippen molar-refractivity contribution in [1.29, 1.82) is 0 Å². The van der Waals surface area contributed by atoms with Crippen LogP contribution < -0.4 is 46.9 Å². The van der Waals surface area contributed by atoms with Gasteiger partial charge in [-0.1, -0.05) is 312 Å². The fourth-order valence-corrected chi connectivity index (χ4v) is 22.3. The molecule has 0 aliphatic carbocycles. The number of aromatic nitrogens is 3. The molecule has 6 nitrogen and oxygen atoms in total. The van der Waals surface area contributed by atoms with Crippen LogP contribution in [0.3, 0.4) is 0 Å². The van der Waals surface area contributed by atoms with Crippen LogP contribution in [0.5, 0.6) is 0 Å². The highest BCUT2D eigenvalue weighted by atomic mass is 28.3. The maximum atomic E-state index is 5.18. The van der Waals surface area contributed by atoms with Gasteiger partial charge >= 0.3 is 0 Å². The van der Waals surface area contributed by atoms with E-state index in [9.17, 15) is 0 Å². The molecule has 2 aliphatic rings. The van der Waals surface area contributed by atoms with Gasteiger partial charge in [0.1, 0.15) is 0 Å². The van der Waals surface area contributed by atoms with E-state index >= 15 is 0 Å². The van der Waals surface area contributed by atoms with Crippen LogP contribution >= 0.6 is 0 Å². The molecule has 8 heteroatoms. The molecule has 0 bridgehead atoms. The summed E-state index contributed by atoms with van der Waals surface area (Å²) >= 11 is 0. The molecule has 0 radical (unpaired) electrons. The van der Waals surface area contributed by atoms with E-state index in [2.05, 4.69) is 418 Å². The summed E-state index contributed by atoms with van der Waals surface area (Å²) in [7, 11) is -2.95. The molecule has 19 rings (SSSR count). The molecule has 0 unspecified atom stereocenters. The Kier molecular flexibility index (Phi) is 15.9. The van der Waals surface area contributed by atoms with Crippen LogP contribution in [-0.2, 0) is 5.41 Å². The minimum absolute atomic E-state index is 0.289.